The van der Waals surface area contributed by atoms with Gasteiger partial charge >= 0.3 is 12.1 Å². The summed E-state index contributed by atoms with van der Waals surface area (Å²) in [5.74, 6) is 0. The number of nitrogen functional groups attached to an aromatic ring is 1. The molecule has 0 radical (unpaired) electrons. The number of hydrogen-bond acceptors (Lipinski definition) is 5. The molecule has 156 valence electrons. The van der Waals surface area contributed by atoms with Crippen LogP contribution < -0.4 is 27.4 Å². The fraction of sp³-hybridized carbons (Fsp3) is 0.300. The third kappa shape index (κ3) is 6.85. The second-order valence-corrected chi connectivity index (χ2v) is 6.89. The highest BCUT2D eigenvalue weighted by molar-refractivity contribution is 6.33. The predicted molar refractivity (Wildman–Crippen MR) is 116 cm³/mol. The average molecular weight is 420 g/mol. The minimum atomic E-state index is -0.536. The maximum atomic E-state index is 12.2. The molecule has 7 N–H and O–H groups in total. The number of urea groups is 1. The smallest absolute Gasteiger partial charge is 0.407 e. The molecule has 2 aromatic carbocycles. The zero-order chi connectivity index (χ0) is 21.4. The van der Waals surface area contributed by atoms with Crippen LogP contribution in [0.25, 0.3) is 0 Å². The standard InChI is InChI=1S/C20H26ClN5O3/c1-3-16(11-22)29-20(28)24-12(2)13-5-4-6-14(9-13)25-19(27)26-15-7-8-18(23)17(21)10-15/h4-10,12,16H,3,11,22-23H2,1-2H3,(H,24,28)(H2,25,26,27)/t12-,16?/m0/s1. The first-order valence-corrected chi connectivity index (χ1v) is 9.60. The van der Waals surface area contributed by atoms with Crippen LogP contribution in [0.5, 0.6) is 0 Å². The first kappa shape index (κ1) is 22.3. The van der Waals surface area contributed by atoms with E-state index in [1.54, 1.807) is 36.4 Å². The molecule has 0 saturated carbocycles. The van der Waals surface area contributed by atoms with Crippen LogP contribution in [0, 0.1) is 0 Å². The molecule has 3 amide bonds. The zero-order valence-corrected chi connectivity index (χ0v) is 17.1. The van der Waals surface area contributed by atoms with Crippen LogP contribution in [0.3, 0.4) is 0 Å². The molecule has 0 fully saturated rings. The number of nitrogens with two attached hydrogens (primary N) is 2. The highest BCUT2D eigenvalue weighted by Crippen LogP contribution is 2.23. The van der Waals surface area contributed by atoms with Crippen molar-refractivity contribution in [3.05, 3.63) is 53.1 Å². The number of anilines is 3. The Morgan fingerprint density at radius 2 is 1.83 bits per heavy atom. The third-order valence-corrected chi connectivity index (χ3v) is 4.56. The Labute approximate surface area is 174 Å². The highest BCUT2D eigenvalue weighted by atomic mass is 35.5. The minimum Gasteiger partial charge on any atom is -0.445 e. The highest BCUT2D eigenvalue weighted by Gasteiger charge is 2.15. The summed E-state index contributed by atoms with van der Waals surface area (Å²) in [5, 5.41) is 8.53. The molecule has 0 spiro atoms. The van der Waals surface area contributed by atoms with E-state index in [1.165, 1.54) is 0 Å². The molecule has 0 saturated heterocycles. The van der Waals surface area contributed by atoms with Gasteiger partial charge in [-0.2, -0.15) is 0 Å². The van der Waals surface area contributed by atoms with Crippen molar-refractivity contribution in [1.29, 1.82) is 0 Å². The van der Waals surface area contributed by atoms with Crippen molar-refractivity contribution >= 4 is 40.8 Å². The molecule has 8 nitrogen and oxygen atoms in total. The second kappa shape index (κ2) is 10.5. The van der Waals surface area contributed by atoms with Crippen LogP contribution in [0.15, 0.2) is 42.5 Å². The van der Waals surface area contributed by atoms with Gasteiger partial charge in [-0.3, -0.25) is 0 Å². The van der Waals surface area contributed by atoms with Gasteiger partial charge in [-0.25, -0.2) is 9.59 Å². The van der Waals surface area contributed by atoms with E-state index >= 15 is 0 Å². The molecule has 0 aliphatic rings. The van der Waals surface area contributed by atoms with Gasteiger partial charge in [0.2, 0.25) is 0 Å². The van der Waals surface area contributed by atoms with E-state index in [1.807, 2.05) is 19.9 Å². The Bertz CT molecular complexity index is 858. The van der Waals surface area contributed by atoms with Gasteiger partial charge in [0, 0.05) is 17.9 Å². The summed E-state index contributed by atoms with van der Waals surface area (Å²) in [6.45, 7) is 3.99. The number of benzene rings is 2. The number of amides is 3. The largest absolute Gasteiger partial charge is 0.445 e. The van der Waals surface area contributed by atoms with Crippen molar-refractivity contribution in [2.45, 2.75) is 32.4 Å². The summed E-state index contributed by atoms with van der Waals surface area (Å²) >= 11 is 5.96. The van der Waals surface area contributed by atoms with Crippen molar-refractivity contribution in [2.75, 3.05) is 22.9 Å². The summed E-state index contributed by atoms with van der Waals surface area (Å²) in [5.41, 5.74) is 13.5. The van der Waals surface area contributed by atoms with E-state index in [2.05, 4.69) is 16.0 Å². The van der Waals surface area contributed by atoms with E-state index in [-0.39, 0.29) is 18.7 Å². The van der Waals surface area contributed by atoms with Gasteiger partial charge in [-0.1, -0.05) is 30.7 Å². The SMILES string of the molecule is CCC(CN)OC(=O)N[C@@H](C)c1cccc(NC(=O)Nc2ccc(N)c(Cl)c2)c1. The number of halogens is 1. The molecule has 29 heavy (non-hydrogen) atoms. The van der Waals surface area contributed by atoms with Crippen molar-refractivity contribution in [3.63, 3.8) is 0 Å². The molecule has 0 heterocycles. The number of alkyl carbamates (subject to hydrolysis) is 1. The number of ether oxygens (including phenoxy) is 1. The van der Waals surface area contributed by atoms with Crippen LogP contribution in [-0.4, -0.2) is 24.8 Å². The number of carbonyl (C=O) groups excluding carboxylic acids is 2. The third-order valence-electron chi connectivity index (χ3n) is 4.23. The van der Waals surface area contributed by atoms with Crippen molar-refractivity contribution in [1.82, 2.24) is 5.32 Å². The van der Waals surface area contributed by atoms with Crippen molar-refractivity contribution in [2.24, 2.45) is 5.73 Å². The van der Waals surface area contributed by atoms with Gasteiger partial charge in [0.25, 0.3) is 0 Å². The molecule has 1 unspecified atom stereocenters. The lowest BCUT2D eigenvalue weighted by Gasteiger charge is -2.19. The van der Waals surface area contributed by atoms with E-state index in [0.29, 0.717) is 28.5 Å². The first-order chi connectivity index (χ1) is 13.8. The van der Waals surface area contributed by atoms with E-state index < -0.39 is 12.1 Å². The molecular weight excluding hydrogens is 394 g/mol. The predicted octanol–water partition coefficient (Wildman–Crippen LogP) is 4.09. The van der Waals surface area contributed by atoms with E-state index in [0.717, 1.165) is 5.56 Å². The monoisotopic (exact) mass is 419 g/mol. The molecule has 0 aliphatic carbocycles. The molecule has 0 aliphatic heterocycles. The number of carbonyl (C=O) groups is 2. The summed E-state index contributed by atoms with van der Waals surface area (Å²) in [6, 6.07) is 11.2. The van der Waals surface area contributed by atoms with Crippen LogP contribution in [0.4, 0.5) is 26.7 Å². The fourth-order valence-corrected chi connectivity index (χ4v) is 2.71. The molecule has 2 atom stereocenters. The minimum absolute atomic E-state index is 0.270. The van der Waals surface area contributed by atoms with Crippen LogP contribution >= 0.6 is 11.6 Å². The number of nitrogens with one attached hydrogen (secondary N) is 3. The molecule has 9 heteroatoms. The lowest BCUT2D eigenvalue weighted by atomic mass is 10.1. The quantitative estimate of drug-likeness (QED) is 0.431. The molecule has 0 bridgehead atoms. The van der Waals surface area contributed by atoms with Gasteiger partial charge in [0.1, 0.15) is 6.10 Å². The summed E-state index contributed by atoms with van der Waals surface area (Å²) in [7, 11) is 0. The summed E-state index contributed by atoms with van der Waals surface area (Å²) in [6.07, 6.45) is -0.210. The lowest BCUT2D eigenvalue weighted by molar-refractivity contribution is 0.0968. The van der Waals surface area contributed by atoms with Crippen LogP contribution in [-0.2, 0) is 4.74 Å². The lowest BCUT2D eigenvalue weighted by Crippen LogP contribution is -2.34. The van der Waals surface area contributed by atoms with Gasteiger partial charge in [0.05, 0.1) is 16.8 Å². The Kier molecular flexibility index (Phi) is 8.11. The molecular formula is C20H26ClN5O3. The van der Waals surface area contributed by atoms with E-state index in [9.17, 15) is 9.59 Å². The van der Waals surface area contributed by atoms with Crippen molar-refractivity contribution < 1.29 is 14.3 Å². The van der Waals surface area contributed by atoms with E-state index in [4.69, 9.17) is 27.8 Å². The Morgan fingerprint density at radius 1 is 1.14 bits per heavy atom. The molecule has 2 aromatic rings. The maximum Gasteiger partial charge on any atom is 0.407 e. The van der Waals surface area contributed by atoms with Crippen LogP contribution in [0.1, 0.15) is 31.9 Å². The van der Waals surface area contributed by atoms with Crippen LogP contribution in [0.2, 0.25) is 5.02 Å². The van der Waals surface area contributed by atoms with Gasteiger partial charge in [0.15, 0.2) is 0 Å². The summed E-state index contributed by atoms with van der Waals surface area (Å²) < 4.78 is 5.25. The topological polar surface area (TPSA) is 132 Å². The Morgan fingerprint density at radius 3 is 2.45 bits per heavy atom. The Balaban J connectivity index is 1.96. The molecule has 2 rings (SSSR count). The zero-order valence-electron chi connectivity index (χ0n) is 16.4. The maximum absolute atomic E-state index is 12.2. The normalized spacial score (nSPS) is 12.6. The number of rotatable bonds is 7. The van der Waals surface area contributed by atoms with Gasteiger partial charge < -0.3 is 32.2 Å². The van der Waals surface area contributed by atoms with Crippen molar-refractivity contribution in [3.8, 4) is 0 Å². The Hall–Kier alpha value is -2.97. The van der Waals surface area contributed by atoms with Gasteiger partial charge in [-0.05, 0) is 49.2 Å². The number of hydrogen-bond donors (Lipinski definition) is 5. The molecule has 0 aromatic heterocycles. The van der Waals surface area contributed by atoms with Gasteiger partial charge in [-0.15, -0.1) is 0 Å². The average Bonchev–Trinajstić information content (AvgIpc) is 2.69. The second-order valence-electron chi connectivity index (χ2n) is 6.48. The summed E-state index contributed by atoms with van der Waals surface area (Å²) in [4.78, 5) is 24.2. The first-order valence-electron chi connectivity index (χ1n) is 9.22. The fourth-order valence-electron chi connectivity index (χ4n) is 2.53.